The zero-order valence-corrected chi connectivity index (χ0v) is 17.3. The maximum Gasteiger partial charge on any atom is 0.187 e. The molecule has 0 spiro atoms. The van der Waals surface area contributed by atoms with Crippen molar-refractivity contribution in [1.29, 1.82) is 5.26 Å². The molecule has 1 aromatic carbocycles. The van der Waals surface area contributed by atoms with Crippen LogP contribution in [0.4, 0.5) is 10.8 Å². The number of H-pyrrole nitrogens is 1. The number of nitrogens with zero attached hydrogens (tertiary/aromatic N) is 4. The molecule has 0 bridgehead atoms. The second-order valence-corrected chi connectivity index (χ2v) is 8.47. The number of benzene rings is 1. The van der Waals surface area contributed by atoms with Crippen LogP contribution >= 0.6 is 11.3 Å². The summed E-state index contributed by atoms with van der Waals surface area (Å²) in [5, 5.41) is 16.5. The van der Waals surface area contributed by atoms with E-state index in [2.05, 4.69) is 55.9 Å². The molecule has 6 nitrogen and oxygen atoms in total. The lowest BCUT2D eigenvalue weighted by Gasteiger charge is -2.34. The van der Waals surface area contributed by atoms with Gasteiger partial charge in [0.25, 0.3) is 0 Å². The van der Waals surface area contributed by atoms with Crippen molar-refractivity contribution in [3.05, 3.63) is 71.1 Å². The Bertz CT molecular complexity index is 1150. The van der Waals surface area contributed by atoms with Crippen LogP contribution < -0.4 is 5.32 Å². The molecular weight excluding hydrogens is 392 g/mol. The van der Waals surface area contributed by atoms with E-state index >= 15 is 0 Å². The Morgan fingerprint density at radius 1 is 1.23 bits per heavy atom. The van der Waals surface area contributed by atoms with E-state index < -0.39 is 0 Å². The summed E-state index contributed by atoms with van der Waals surface area (Å²) in [7, 11) is 0. The molecule has 1 fully saturated rings. The van der Waals surface area contributed by atoms with E-state index in [9.17, 15) is 0 Å². The van der Waals surface area contributed by atoms with E-state index in [4.69, 9.17) is 10.2 Å². The monoisotopic (exact) mass is 414 g/mol. The fourth-order valence-corrected chi connectivity index (χ4v) is 4.88. The highest BCUT2D eigenvalue weighted by molar-refractivity contribution is 7.13. The lowest BCUT2D eigenvalue weighted by Crippen LogP contribution is -2.33. The quantitative estimate of drug-likeness (QED) is 0.459. The van der Waals surface area contributed by atoms with Gasteiger partial charge in [-0.2, -0.15) is 5.26 Å². The Morgan fingerprint density at radius 2 is 2.17 bits per heavy atom. The smallest absolute Gasteiger partial charge is 0.187 e. The first-order chi connectivity index (χ1) is 14.8. The summed E-state index contributed by atoms with van der Waals surface area (Å²) in [4.78, 5) is 15.1. The number of aromatic amines is 1. The van der Waals surface area contributed by atoms with Crippen molar-refractivity contribution in [3.63, 3.8) is 0 Å². The van der Waals surface area contributed by atoms with Crippen LogP contribution in [0.25, 0.3) is 10.9 Å². The molecule has 1 atom stereocenters. The Hall–Kier alpha value is -3.21. The van der Waals surface area contributed by atoms with Gasteiger partial charge >= 0.3 is 0 Å². The van der Waals surface area contributed by atoms with E-state index in [1.807, 2.05) is 12.1 Å². The van der Waals surface area contributed by atoms with Crippen LogP contribution in [0.2, 0.25) is 0 Å². The van der Waals surface area contributed by atoms with Crippen LogP contribution in [-0.2, 0) is 6.54 Å². The van der Waals surface area contributed by atoms with Crippen LogP contribution in [0.1, 0.15) is 42.4 Å². The van der Waals surface area contributed by atoms with Crippen molar-refractivity contribution in [2.45, 2.75) is 31.8 Å². The van der Waals surface area contributed by atoms with Gasteiger partial charge in [0.2, 0.25) is 0 Å². The second kappa shape index (κ2) is 8.27. The highest BCUT2D eigenvalue weighted by Gasteiger charge is 2.26. The third kappa shape index (κ3) is 3.92. The maximum atomic E-state index is 8.89. The number of para-hydroxylation sites is 1. The van der Waals surface area contributed by atoms with Gasteiger partial charge in [-0.1, -0.05) is 24.6 Å². The largest absolute Gasteiger partial charge is 0.357 e. The van der Waals surface area contributed by atoms with E-state index in [1.54, 1.807) is 23.6 Å². The van der Waals surface area contributed by atoms with Crippen LogP contribution in [-0.4, -0.2) is 26.4 Å². The molecule has 0 radical (unpaired) electrons. The van der Waals surface area contributed by atoms with Crippen LogP contribution in [0.5, 0.6) is 0 Å². The molecule has 5 rings (SSSR count). The Morgan fingerprint density at radius 3 is 3.00 bits per heavy atom. The zero-order chi connectivity index (χ0) is 20.3. The number of hydrogen-bond donors (Lipinski definition) is 2. The number of pyridine rings is 1. The van der Waals surface area contributed by atoms with Crippen LogP contribution in [0.15, 0.2) is 54.0 Å². The average molecular weight is 415 g/mol. The fourth-order valence-electron chi connectivity index (χ4n) is 4.11. The average Bonchev–Trinajstić information content (AvgIpc) is 3.41. The number of anilines is 2. The number of thiazole rings is 1. The zero-order valence-electron chi connectivity index (χ0n) is 16.5. The van der Waals surface area contributed by atoms with Gasteiger partial charge in [0.1, 0.15) is 11.8 Å². The van der Waals surface area contributed by atoms with Gasteiger partial charge in [-0.05, 0) is 49.0 Å². The van der Waals surface area contributed by atoms with Crippen molar-refractivity contribution in [2.75, 3.05) is 11.9 Å². The molecule has 7 heteroatoms. The number of hydrogen-bond acceptors (Lipinski definition) is 6. The topological polar surface area (TPSA) is 80.6 Å². The van der Waals surface area contributed by atoms with E-state index in [1.165, 1.54) is 29.4 Å². The minimum Gasteiger partial charge on any atom is -0.357 e. The molecule has 3 aromatic heterocycles. The number of nitrogens with one attached hydrogen (secondary N) is 2. The molecule has 150 valence electrons. The van der Waals surface area contributed by atoms with Crippen LogP contribution in [0.3, 0.4) is 0 Å². The van der Waals surface area contributed by atoms with Gasteiger partial charge in [0.15, 0.2) is 5.13 Å². The van der Waals surface area contributed by atoms with Gasteiger partial charge in [-0.25, -0.2) is 9.97 Å². The van der Waals surface area contributed by atoms with Crippen molar-refractivity contribution < 1.29 is 0 Å². The standard InChI is InChI=1S/C23H22N6S/c24-12-17-8-9-18(13-25-17)27-23-28-21(15-30-23)22-7-3-4-10-29(22)14-19-11-16-5-1-2-6-20(16)26-19/h1-2,5-6,8-9,11,13,15,22,26H,3-4,7,10,14H2,(H,27,28)/t22-/m0/s1. The van der Waals surface area contributed by atoms with Crippen molar-refractivity contribution in [1.82, 2.24) is 19.9 Å². The van der Waals surface area contributed by atoms with Crippen LogP contribution in [0, 0.1) is 11.3 Å². The first kappa shape index (κ1) is 18.8. The molecule has 0 aliphatic carbocycles. The molecule has 0 saturated carbocycles. The molecule has 1 aliphatic heterocycles. The number of fused-ring (bicyclic) bond motifs is 1. The molecule has 2 N–H and O–H groups in total. The summed E-state index contributed by atoms with van der Waals surface area (Å²) in [6.45, 7) is 1.99. The Kier molecular flexibility index (Phi) is 5.18. The first-order valence-electron chi connectivity index (χ1n) is 10.2. The molecule has 1 saturated heterocycles. The number of piperidine rings is 1. The molecule has 0 unspecified atom stereocenters. The molecule has 1 aliphatic rings. The summed E-state index contributed by atoms with van der Waals surface area (Å²) in [5.41, 5.74) is 4.82. The van der Waals surface area contributed by atoms with Gasteiger partial charge < -0.3 is 10.3 Å². The molecule has 4 heterocycles. The van der Waals surface area contributed by atoms with Gasteiger partial charge in [0.05, 0.1) is 23.6 Å². The van der Waals surface area contributed by atoms with E-state index in [0.29, 0.717) is 11.7 Å². The predicted molar refractivity (Wildman–Crippen MR) is 120 cm³/mol. The number of nitriles is 1. The van der Waals surface area contributed by atoms with Gasteiger partial charge in [-0.3, -0.25) is 4.90 Å². The lowest BCUT2D eigenvalue weighted by atomic mass is 10.00. The summed E-state index contributed by atoms with van der Waals surface area (Å²) >= 11 is 1.61. The lowest BCUT2D eigenvalue weighted by molar-refractivity contribution is 0.136. The van der Waals surface area contributed by atoms with Gasteiger partial charge in [0, 0.05) is 23.1 Å². The predicted octanol–water partition coefficient (Wildman–Crippen LogP) is 5.36. The van der Waals surface area contributed by atoms with E-state index in [-0.39, 0.29) is 0 Å². The summed E-state index contributed by atoms with van der Waals surface area (Å²) < 4.78 is 0. The first-order valence-corrected chi connectivity index (χ1v) is 11.1. The minimum absolute atomic E-state index is 0.330. The molecule has 4 aromatic rings. The minimum atomic E-state index is 0.330. The normalized spacial score (nSPS) is 17.1. The summed E-state index contributed by atoms with van der Waals surface area (Å²) in [6, 6.07) is 16.6. The van der Waals surface area contributed by atoms with Crippen molar-refractivity contribution in [2.24, 2.45) is 0 Å². The highest BCUT2D eigenvalue weighted by atomic mass is 32.1. The third-order valence-corrected chi connectivity index (χ3v) is 6.34. The number of aromatic nitrogens is 3. The SMILES string of the molecule is N#Cc1ccc(Nc2nc([C@@H]3CCCCN3Cc3cc4ccccc4[nH]3)cs2)cn1. The number of rotatable bonds is 5. The molecular formula is C23H22N6S. The summed E-state index contributed by atoms with van der Waals surface area (Å²) in [5.74, 6) is 0. The van der Waals surface area contributed by atoms with Gasteiger partial charge in [-0.15, -0.1) is 11.3 Å². The third-order valence-electron chi connectivity index (χ3n) is 5.57. The maximum absolute atomic E-state index is 8.89. The van der Waals surface area contributed by atoms with Crippen molar-refractivity contribution in [3.8, 4) is 6.07 Å². The molecule has 0 amide bonds. The van der Waals surface area contributed by atoms with E-state index in [0.717, 1.165) is 36.0 Å². The fraction of sp³-hybridized carbons (Fsp3) is 0.261. The Balaban J connectivity index is 1.32. The number of likely N-dealkylation sites (tertiary alicyclic amines) is 1. The second-order valence-electron chi connectivity index (χ2n) is 7.61. The van der Waals surface area contributed by atoms with Crippen molar-refractivity contribution >= 4 is 33.1 Å². The summed E-state index contributed by atoms with van der Waals surface area (Å²) in [6.07, 6.45) is 5.25. The molecule has 30 heavy (non-hydrogen) atoms. The highest BCUT2D eigenvalue weighted by Crippen LogP contribution is 2.34. The Labute approximate surface area is 179 Å².